The first-order chi connectivity index (χ1) is 17.0. The number of hydrogen-bond donors (Lipinski definition) is 1. The summed E-state index contributed by atoms with van der Waals surface area (Å²) in [6, 6.07) is 14.9. The Morgan fingerprint density at radius 1 is 1.00 bits per heavy atom. The second-order valence-electron chi connectivity index (χ2n) is 9.37. The van der Waals surface area contributed by atoms with Crippen LogP contribution in [-0.2, 0) is 26.0 Å². The van der Waals surface area contributed by atoms with E-state index in [9.17, 15) is 18.0 Å². The first-order valence-corrected chi connectivity index (χ1v) is 14.6. The van der Waals surface area contributed by atoms with Crippen LogP contribution in [0.2, 0.25) is 0 Å². The minimum absolute atomic E-state index is 0.151. The van der Waals surface area contributed by atoms with Crippen molar-refractivity contribution in [1.29, 1.82) is 0 Å². The number of aryl methyl sites for hydroxylation is 2. The summed E-state index contributed by atoms with van der Waals surface area (Å²) in [4.78, 5) is 27.7. The molecule has 0 aliphatic carbocycles. The van der Waals surface area contributed by atoms with Crippen LogP contribution in [-0.4, -0.2) is 57.1 Å². The number of unbranched alkanes of at least 4 members (excludes halogenated alkanes) is 1. The second-order valence-corrected chi connectivity index (χ2v) is 11.3. The van der Waals surface area contributed by atoms with Gasteiger partial charge in [-0.25, -0.2) is 8.42 Å². The van der Waals surface area contributed by atoms with Crippen LogP contribution in [0.1, 0.15) is 56.2 Å². The zero-order valence-electron chi connectivity index (χ0n) is 22.3. The van der Waals surface area contributed by atoms with E-state index in [1.165, 1.54) is 10.6 Å². The summed E-state index contributed by atoms with van der Waals surface area (Å²) in [7, 11) is -3.52. The Bertz CT molecular complexity index is 1100. The van der Waals surface area contributed by atoms with Gasteiger partial charge in [-0.15, -0.1) is 0 Å². The van der Waals surface area contributed by atoms with Crippen molar-refractivity contribution >= 4 is 27.5 Å². The number of hydrogen-bond acceptors (Lipinski definition) is 4. The lowest BCUT2D eigenvalue weighted by Gasteiger charge is -2.29. The summed E-state index contributed by atoms with van der Waals surface area (Å²) in [6.07, 6.45) is 4.19. The average molecular weight is 516 g/mol. The minimum atomic E-state index is -3.52. The van der Waals surface area contributed by atoms with Gasteiger partial charge in [0, 0.05) is 26.1 Å². The van der Waals surface area contributed by atoms with Crippen LogP contribution in [0.4, 0.5) is 5.69 Å². The maximum atomic E-state index is 13.3. The summed E-state index contributed by atoms with van der Waals surface area (Å²) in [6.45, 7) is 8.80. The zero-order valence-corrected chi connectivity index (χ0v) is 23.1. The molecule has 0 saturated heterocycles. The van der Waals surface area contributed by atoms with Gasteiger partial charge in [0.05, 0.1) is 11.9 Å². The number of rotatable bonds is 14. The molecule has 0 heterocycles. The maximum absolute atomic E-state index is 13.3. The molecular formula is C28H41N3O4S. The van der Waals surface area contributed by atoms with Crippen LogP contribution in [0.25, 0.3) is 0 Å². The molecule has 2 aromatic carbocycles. The Kier molecular flexibility index (Phi) is 11.4. The van der Waals surface area contributed by atoms with Gasteiger partial charge in [0.1, 0.15) is 6.04 Å². The van der Waals surface area contributed by atoms with Gasteiger partial charge < -0.3 is 10.2 Å². The quantitative estimate of drug-likeness (QED) is 0.382. The molecule has 2 rings (SSSR count). The number of anilines is 1. The van der Waals surface area contributed by atoms with Crippen molar-refractivity contribution in [1.82, 2.24) is 10.2 Å². The third-order valence-electron chi connectivity index (χ3n) is 6.27. The Morgan fingerprint density at radius 3 is 2.33 bits per heavy atom. The van der Waals surface area contributed by atoms with Crippen molar-refractivity contribution in [2.45, 2.75) is 65.8 Å². The summed E-state index contributed by atoms with van der Waals surface area (Å²) < 4.78 is 26.5. The van der Waals surface area contributed by atoms with Gasteiger partial charge in [0.2, 0.25) is 21.8 Å². The van der Waals surface area contributed by atoms with Crippen LogP contribution >= 0.6 is 0 Å². The van der Waals surface area contributed by atoms with Crippen molar-refractivity contribution in [3.05, 3.63) is 65.2 Å². The van der Waals surface area contributed by atoms with Crippen molar-refractivity contribution in [3.8, 4) is 0 Å². The third kappa shape index (κ3) is 8.97. The Labute approximate surface area is 216 Å². The van der Waals surface area contributed by atoms with Gasteiger partial charge in [0.25, 0.3) is 0 Å². The van der Waals surface area contributed by atoms with E-state index in [4.69, 9.17) is 0 Å². The van der Waals surface area contributed by atoms with E-state index in [2.05, 4.69) is 12.2 Å². The lowest BCUT2D eigenvalue weighted by Crippen LogP contribution is -2.49. The highest BCUT2D eigenvalue weighted by Crippen LogP contribution is 2.24. The van der Waals surface area contributed by atoms with E-state index in [1.54, 1.807) is 11.8 Å². The van der Waals surface area contributed by atoms with E-state index in [-0.39, 0.29) is 24.8 Å². The summed E-state index contributed by atoms with van der Waals surface area (Å²) in [5, 5.41) is 2.92. The highest BCUT2D eigenvalue weighted by Gasteiger charge is 2.26. The van der Waals surface area contributed by atoms with Crippen LogP contribution in [0, 0.1) is 13.8 Å². The SMILES string of the molecule is CCCCNC(=O)[C@@H](C)N(CCc1ccccc1)C(=O)CCCN(c1cc(C)ccc1C)S(C)(=O)=O. The fraction of sp³-hybridized carbons (Fsp3) is 0.500. The fourth-order valence-electron chi connectivity index (χ4n) is 4.08. The lowest BCUT2D eigenvalue weighted by atomic mass is 10.1. The molecule has 0 saturated carbocycles. The smallest absolute Gasteiger partial charge is 0.242 e. The van der Waals surface area contributed by atoms with Crippen molar-refractivity contribution < 1.29 is 18.0 Å². The summed E-state index contributed by atoms with van der Waals surface area (Å²) in [5.41, 5.74) is 3.55. The van der Waals surface area contributed by atoms with E-state index < -0.39 is 16.1 Å². The predicted octanol–water partition coefficient (Wildman–Crippen LogP) is 4.23. The van der Waals surface area contributed by atoms with Crippen molar-refractivity contribution in [2.75, 3.05) is 30.2 Å². The number of sulfonamides is 1. The number of nitrogens with zero attached hydrogens (tertiary/aromatic N) is 2. The molecule has 0 aromatic heterocycles. The molecule has 1 atom stereocenters. The van der Waals surface area contributed by atoms with E-state index in [0.29, 0.717) is 31.6 Å². The summed E-state index contributed by atoms with van der Waals surface area (Å²) >= 11 is 0. The molecule has 7 nitrogen and oxygen atoms in total. The van der Waals surface area contributed by atoms with Crippen LogP contribution in [0.3, 0.4) is 0 Å². The van der Waals surface area contributed by atoms with Crippen LogP contribution < -0.4 is 9.62 Å². The molecule has 2 amide bonds. The van der Waals surface area contributed by atoms with Crippen molar-refractivity contribution in [3.63, 3.8) is 0 Å². The van der Waals surface area contributed by atoms with Crippen molar-refractivity contribution in [2.24, 2.45) is 0 Å². The van der Waals surface area contributed by atoms with E-state index in [1.807, 2.05) is 62.4 Å². The number of carbonyl (C=O) groups excluding carboxylic acids is 2. The molecule has 0 bridgehead atoms. The monoisotopic (exact) mass is 515 g/mol. The predicted molar refractivity (Wildman–Crippen MR) is 147 cm³/mol. The van der Waals surface area contributed by atoms with Gasteiger partial charge in [-0.3, -0.25) is 13.9 Å². The third-order valence-corrected chi connectivity index (χ3v) is 7.45. The van der Waals surface area contributed by atoms with Gasteiger partial charge in [-0.05, 0) is 62.8 Å². The molecule has 8 heteroatoms. The fourth-order valence-corrected chi connectivity index (χ4v) is 5.09. The number of nitrogens with one attached hydrogen (secondary N) is 1. The zero-order chi connectivity index (χ0) is 26.7. The normalized spacial score (nSPS) is 12.1. The number of benzene rings is 2. The molecule has 198 valence electrons. The largest absolute Gasteiger partial charge is 0.354 e. The Hall–Kier alpha value is -2.87. The van der Waals surface area contributed by atoms with Gasteiger partial charge in [-0.1, -0.05) is 55.8 Å². The molecule has 0 spiro atoms. The first-order valence-electron chi connectivity index (χ1n) is 12.7. The molecule has 0 unspecified atom stereocenters. The van der Waals surface area contributed by atoms with Crippen LogP contribution in [0.15, 0.2) is 48.5 Å². The summed E-state index contributed by atoms with van der Waals surface area (Å²) in [5.74, 6) is -0.323. The molecule has 0 fully saturated rings. The van der Waals surface area contributed by atoms with Gasteiger partial charge in [-0.2, -0.15) is 0 Å². The van der Waals surface area contributed by atoms with Gasteiger partial charge >= 0.3 is 0 Å². The first kappa shape index (κ1) is 29.4. The molecule has 2 aromatic rings. The Morgan fingerprint density at radius 2 is 1.69 bits per heavy atom. The highest BCUT2D eigenvalue weighted by atomic mass is 32.2. The Balaban J connectivity index is 2.12. The molecular weight excluding hydrogens is 474 g/mol. The molecule has 0 aliphatic rings. The average Bonchev–Trinajstić information content (AvgIpc) is 2.83. The van der Waals surface area contributed by atoms with E-state index in [0.717, 1.165) is 29.5 Å². The number of carbonyl (C=O) groups is 2. The van der Waals surface area contributed by atoms with E-state index >= 15 is 0 Å². The van der Waals surface area contributed by atoms with Crippen LogP contribution in [0.5, 0.6) is 0 Å². The molecule has 0 aliphatic heterocycles. The lowest BCUT2D eigenvalue weighted by molar-refractivity contribution is -0.139. The molecule has 1 N–H and O–H groups in total. The molecule has 0 radical (unpaired) electrons. The standard InChI is InChI=1S/C28H41N3O4S/c1-6-7-18-29-28(33)24(4)30(20-17-25-12-9-8-10-13-25)27(32)14-11-19-31(36(5,34)35)26-21-22(2)15-16-23(26)3/h8-10,12-13,15-16,21,24H,6-7,11,14,17-20H2,1-5H3,(H,29,33)/t24-/m1/s1. The highest BCUT2D eigenvalue weighted by molar-refractivity contribution is 7.92. The second kappa shape index (κ2) is 14.0. The minimum Gasteiger partial charge on any atom is -0.354 e. The molecule has 36 heavy (non-hydrogen) atoms. The maximum Gasteiger partial charge on any atom is 0.242 e. The topological polar surface area (TPSA) is 86.8 Å². The number of amides is 2. The van der Waals surface area contributed by atoms with Gasteiger partial charge in [0.15, 0.2) is 0 Å².